The van der Waals surface area contributed by atoms with Gasteiger partial charge in [0.25, 0.3) is 0 Å². The highest BCUT2D eigenvalue weighted by atomic mass is 32.1. The summed E-state index contributed by atoms with van der Waals surface area (Å²) >= 11 is 4.23. The van der Waals surface area contributed by atoms with Crippen molar-refractivity contribution < 1.29 is 4.74 Å². The zero-order valence-electron chi connectivity index (χ0n) is 10.00. The lowest BCUT2D eigenvalue weighted by atomic mass is 10.2. The van der Waals surface area contributed by atoms with E-state index in [2.05, 4.69) is 17.6 Å². The molecule has 2 aromatic carbocycles. The van der Waals surface area contributed by atoms with E-state index in [4.69, 9.17) is 10.5 Å². The summed E-state index contributed by atoms with van der Waals surface area (Å²) in [6.07, 6.45) is 0. The number of thiol groups is 1. The molecule has 0 aliphatic rings. The molecular formula is C14H14N2OS. The highest BCUT2D eigenvalue weighted by Gasteiger charge is 1.99. The van der Waals surface area contributed by atoms with Gasteiger partial charge < -0.3 is 10.5 Å². The average Bonchev–Trinajstić information content (AvgIpc) is 2.40. The minimum Gasteiger partial charge on any atom is -0.497 e. The van der Waals surface area contributed by atoms with Gasteiger partial charge in [-0.3, -0.25) is 0 Å². The summed E-state index contributed by atoms with van der Waals surface area (Å²) < 4.78 is 5.08. The van der Waals surface area contributed by atoms with Gasteiger partial charge in [0.05, 0.1) is 12.8 Å². The van der Waals surface area contributed by atoms with Crippen LogP contribution in [0, 0.1) is 0 Å². The topological polar surface area (TPSA) is 47.6 Å². The molecular weight excluding hydrogens is 244 g/mol. The lowest BCUT2D eigenvalue weighted by Crippen LogP contribution is -2.12. The van der Waals surface area contributed by atoms with Crippen LogP contribution < -0.4 is 10.5 Å². The molecule has 0 saturated heterocycles. The molecule has 4 heteroatoms. The molecule has 0 aliphatic heterocycles. The van der Waals surface area contributed by atoms with E-state index in [1.165, 1.54) is 0 Å². The first-order valence-electron chi connectivity index (χ1n) is 5.46. The number of benzene rings is 2. The fourth-order valence-corrected chi connectivity index (χ4v) is 1.64. The fourth-order valence-electron chi connectivity index (χ4n) is 1.49. The Morgan fingerprint density at radius 1 is 1.06 bits per heavy atom. The molecule has 3 nitrogen and oxygen atoms in total. The van der Waals surface area contributed by atoms with Crippen LogP contribution in [0.15, 0.2) is 58.4 Å². The lowest BCUT2D eigenvalue weighted by molar-refractivity contribution is 0.415. The van der Waals surface area contributed by atoms with Crippen molar-refractivity contribution in [3.05, 3.63) is 54.1 Å². The minimum atomic E-state index is 0.480. The van der Waals surface area contributed by atoms with Gasteiger partial charge in [-0.2, -0.15) is 0 Å². The third-order valence-electron chi connectivity index (χ3n) is 2.49. The third kappa shape index (κ3) is 3.05. The Bertz CT molecular complexity index is 547. The summed E-state index contributed by atoms with van der Waals surface area (Å²) in [6.45, 7) is 0. The zero-order chi connectivity index (χ0) is 13.0. The van der Waals surface area contributed by atoms with Gasteiger partial charge in [-0.05, 0) is 36.4 Å². The van der Waals surface area contributed by atoms with Crippen LogP contribution in [0.5, 0.6) is 5.75 Å². The first-order chi connectivity index (χ1) is 8.69. The number of hydrogen-bond acceptors (Lipinski definition) is 3. The SMILES string of the molecule is COc1ccc(N=C(N)c2ccc(S)cc2)cc1. The van der Waals surface area contributed by atoms with Gasteiger partial charge in [0.1, 0.15) is 11.6 Å². The number of aliphatic imine (C=N–C) groups is 1. The van der Waals surface area contributed by atoms with Gasteiger partial charge in [0.15, 0.2) is 0 Å². The molecule has 0 atom stereocenters. The normalized spacial score (nSPS) is 11.3. The van der Waals surface area contributed by atoms with Crippen molar-refractivity contribution in [2.45, 2.75) is 4.90 Å². The zero-order valence-corrected chi connectivity index (χ0v) is 10.9. The molecule has 0 spiro atoms. The van der Waals surface area contributed by atoms with Crippen LogP contribution in [0.1, 0.15) is 5.56 Å². The van der Waals surface area contributed by atoms with Crippen molar-refractivity contribution in [3.63, 3.8) is 0 Å². The summed E-state index contributed by atoms with van der Waals surface area (Å²) in [5.74, 6) is 1.28. The highest BCUT2D eigenvalue weighted by Crippen LogP contribution is 2.18. The van der Waals surface area contributed by atoms with Gasteiger partial charge in [-0.1, -0.05) is 12.1 Å². The maximum atomic E-state index is 5.94. The van der Waals surface area contributed by atoms with Crippen molar-refractivity contribution in [2.75, 3.05) is 7.11 Å². The monoisotopic (exact) mass is 258 g/mol. The molecule has 0 bridgehead atoms. The first-order valence-corrected chi connectivity index (χ1v) is 5.91. The van der Waals surface area contributed by atoms with E-state index in [9.17, 15) is 0 Å². The molecule has 2 N–H and O–H groups in total. The maximum absolute atomic E-state index is 5.94. The minimum absolute atomic E-state index is 0.480. The van der Waals surface area contributed by atoms with E-state index in [1.54, 1.807) is 7.11 Å². The average molecular weight is 258 g/mol. The summed E-state index contributed by atoms with van der Waals surface area (Å²) in [7, 11) is 1.63. The molecule has 18 heavy (non-hydrogen) atoms. The van der Waals surface area contributed by atoms with Crippen molar-refractivity contribution in [2.24, 2.45) is 10.7 Å². The van der Waals surface area contributed by atoms with Gasteiger partial charge in [-0.25, -0.2) is 4.99 Å². The second-order valence-corrected chi connectivity index (χ2v) is 4.26. The van der Waals surface area contributed by atoms with Crippen molar-refractivity contribution in [1.82, 2.24) is 0 Å². The number of nitrogens with zero attached hydrogens (tertiary/aromatic N) is 1. The van der Waals surface area contributed by atoms with Gasteiger partial charge in [0, 0.05) is 10.5 Å². The number of ether oxygens (including phenoxy) is 1. The van der Waals surface area contributed by atoms with Crippen LogP contribution >= 0.6 is 12.6 Å². The molecule has 0 radical (unpaired) electrons. The number of hydrogen-bond donors (Lipinski definition) is 2. The third-order valence-corrected chi connectivity index (χ3v) is 2.78. The summed E-state index contributed by atoms with van der Waals surface area (Å²) in [5, 5.41) is 0. The standard InChI is InChI=1S/C14H14N2OS/c1-17-12-6-4-11(5-7-12)16-14(15)10-2-8-13(18)9-3-10/h2-9,18H,1H3,(H2,15,16). The Morgan fingerprint density at radius 2 is 1.67 bits per heavy atom. The van der Waals surface area contributed by atoms with E-state index >= 15 is 0 Å². The Kier molecular flexibility index (Phi) is 3.89. The van der Waals surface area contributed by atoms with Crippen LogP contribution in [0.2, 0.25) is 0 Å². The Balaban J connectivity index is 2.23. The van der Waals surface area contributed by atoms with Gasteiger partial charge in [-0.15, -0.1) is 12.6 Å². The molecule has 0 aliphatic carbocycles. The molecule has 0 aromatic heterocycles. The van der Waals surface area contributed by atoms with E-state index < -0.39 is 0 Å². The first kappa shape index (κ1) is 12.5. The predicted octanol–water partition coefficient (Wildman–Crippen LogP) is 3.02. The van der Waals surface area contributed by atoms with Crippen LogP contribution in [0.4, 0.5) is 5.69 Å². The van der Waals surface area contributed by atoms with Gasteiger partial charge >= 0.3 is 0 Å². The van der Waals surface area contributed by atoms with Crippen molar-refractivity contribution >= 4 is 24.2 Å². The Labute approximate surface area is 112 Å². The summed E-state index contributed by atoms with van der Waals surface area (Å²) in [6, 6.07) is 15.0. The largest absolute Gasteiger partial charge is 0.497 e. The Hall–Kier alpha value is -1.94. The van der Waals surface area contributed by atoms with E-state index in [0.717, 1.165) is 21.9 Å². The number of nitrogens with two attached hydrogens (primary N) is 1. The number of amidine groups is 1. The second kappa shape index (κ2) is 5.60. The second-order valence-electron chi connectivity index (χ2n) is 3.74. The van der Waals surface area contributed by atoms with Crippen molar-refractivity contribution in [3.8, 4) is 5.75 Å². The molecule has 92 valence electrons. The summed E-state index contributed by atoms with van der Waals surface area (Å²) in [4.78, 5) is 5.25. The van der Waals surface area contributed by atoms with E-state index in [-0.39, 0.29) is 0 Å². The lowest BCUT2D eigenvalue weighted by Gasteiger charge is -2.03. The fraction of sp³-hybridized carbons (Fsp3) is 0.0714. The smallest absolute Gasteiger partial charge is 0.131 e. The highest BCUT2D eigenvalue weighted by molar-refractivity contribution is 7.80. The molecule has 0 unspecified atom stereocenters. The van der Waals surface area contributed by atoms with Crippen LogP contribution in [-0.4, -0.2) is 12.9 Å². The molecule has 0 heterocycles. The van der Waals surface area contributed by atoms with Gasteiger partial charge in [0.2, 0.25) is 0 Å². The van der Waals surface area contributed by atoms with Crippen LogP contribution in [0.3, 0.4) is 0 Å². The van der Waals surface area contributed by atoms with Crippen LogP contribution in [-0.2, 0) is 0 Å². The van der Waals surface area contributed by atoms with Crippen molar-refractivity contribution in [1.29, 1.82) is 0 Å². The number of methoxy groups -OCH3 is 1. The molecule has 0 fully saturated rings. The molecule has 0 saturated carbocycles. The van der Waals surface area contributed by atoms with E-state index in [1.807, 2.05) is 48.5 Å². The van der Waals surface area contributed by atoms with Crippen LogP contribution in [0.25, 0.3) is 0 Å². The maximum Gasteiger partial charge on any atom is 0.131 e. The molecule has 2 rings (SSSR count). The summed E-state index contributed by atoms with van der Waals surface area (Å²) in [5.41, 5.74) is 7.61. The number of rotatable bonds is 3. The molecule has 0 amide bonds. The quantitative estimate of drug-likeness (QED) is 0.505. The Morgan fingerprint density at radius 3 is 2.22 bits per heavy atom. The van der Waals surface area contributed by atoms with E-state index in [0.29, 0.717) is 5.84 Å². The molecule has 2 aromatic rings. The predicted molar refractivity (Wildman–Crippen MR) is 77.1 cm³/mol.